The molecule has 2 amide bonds. The van der Waals surface area contributed by atoms with E-state index in [9.17, 15) is 14.4 Å². The van der Waals surface area contributed by atoms with E-state index >= 15 is 0 Å². The van der Waals surface area contributed by atoms with Crippen LogP contribution in [0.15, 0.2) is 35.7 Å². The Balaban J connectivity index is 1.86. The number of anilines is 1. The van der Waals surface area contributed by atoms with E-state index in [-0.39, 0.29) is 12.0 Å². The molecule has 0 fully saturated rings. The average molecular weight is 388 g/mol. The maximum atomic E-state index is 12.2. The molecule has 6 nitrogen and oxygen atoms in total. The minimum absolute atomic E-state index is 0.0945. The number of amides is 2. The third-order valence-corrected chi connectivity index (χ3v) is 4.87. The van der Waals surface area contributed by atoms with E-state index in [0.717, 1.165) is 24.8 Å². The highest BCUT2D eigenvalue weighted by Crippen LogP contribution is 2.23. The molecule has 1 aromatic heterocycles. The molecule has 1 aromatic carbocycles. The molecule has 1 atom stereocenters. The molecule has 0 bridgehead atoms. The minimum atomic E-state index is -0.982. The Morgan fingerprint density at radius 1 is 1.15 bits per heavy atom. The van der Waals surface area contributed by atoms with Gasteiger partial charge in [0.05, 0.1) is 12.0 Å². The third-order valence-electron chi connectivity index (χ3n) is 4.04. The number of nitrogens with two attached hydrogens (primary N) is 1. The first-order chi connectivity index (χ1) is 12.9. The lowest BCUT2D eigenvalue weighted by Gasteiger charge is -2.13. The smallest absolute Gasteiger partial charge is 0.311 e. The number of hydrogen-bond donors (Lipinski definition) is 2. The van der Waals surface area contributed by atoms with Gasteiger partial charge in [0.2, 0.25) is 0 Å². The van der Waals surface area contributed by atoms with Gasteiger partial charge in [-0.05, 0) is 42.3 Å². The summed E-state index contributed by atoms with van der Waals surface area (Å²) < 4.78 is 5.20. The van der Waals surface area contributed by atoms with Gasteiger partial charge >= 0.3 is 5.97 Å². The molecule has 0 aliphatic rings. The highest BCUT2D eigenvalue weighted by atomic mass is 32.1. The summed E-state index contributed by atoms with van der Waals surface area (Å²) in [7, 11) is 0. The molecule has 144 valence electrons. The van der Waals surface area contributed by atoms with Crippen LogP contribution in [0.5, 0.6) is 0 Å². The lowest BCUT2D eigenvalue weighted by Crippen LogP contribution is -2.30. The van der Waals surface area contributed by atoms with Crippen LogP contribution in [-0.4, -0.2) is 23.9 Å². The predicted molar refractivity (Wildman–Crippen MR) is 106 cm³/mol. The van der Waals surface area contributed by atoms with Crippen LogP contribution in [0.4, 0.5) is 5.00 Å². The number of esters is 1. The number of thiophene rings is 1. The summed E-state index contributed by atoms with van der Waals surface area (Å²) in [4.78, 5) is 35.6. The second-order valence-corrected chi connectivity index (χ2v) is 7.16. The molecule has 0 aliphatic heterocycles. The van der Waals surface area contributed by atoms with Crippen LogP contribution < -0.4 is 11.1 Å². The Morgan fingerprint density at radius 3 is 2.44 bits per heavy atom. The van der Waals surface area contributed by atoms with E-state index in [2.05, 4.69) is 12.2 Å². The van der Waals surface area contributed by atoms with Crippen molar-refractivity contribution < 1.29 is 19.1 Å². The van der Waals surface area contributed by atoms with Crippen LogP contribution in [0, 0.1) is 0 Å². The Hall–Kier alpha value is -2.67. The van der Waals surface area contributed by atoms with E-state index in [0.29, 0.717) is 5.00 Å². The molecule has 0 unspecified atom stereocenters. The summed E-state index contributed by atoms with van der Waals surface area (Å²) in [6.07, 6.45) is 2.41. The molecule has 7 heteroatoms. The molecule has 27 heavy (non-hydrogen) atoms. The maximum absolute atomic E-state index is 12.2. The predicted octanol–water partition coefficient (Wildman–Crippen LogP) is 3.30. The van der Waals surface area contributed by atoms with Crippen molar-refractivity contribution in [1.82, 2.24) is 0 Å². The number of nitrogens with one attached hydrogen (secondary N) is 1. The standard InChI is InChI=1S/C20H24N2O4S/c1-3-4-5-14-6-8-15(9-7-14)12-17(23)26-13(2)19(25)22-20-16(18(21)24)10-11-27-20/h6-11,13H,3-5,12H2,1-2H3,(H2,21,24)(H,22,25)/t13-/m1/s1. The van der Waals surface area contributed by atoms with Crippen molar-refractivity contribution in [3.63, 3.8) is 0 Å². The number of aryl methyl sites for hydroxylation is 1. The van der Waals surface area contributed by atoms with Gasteiger partial charge in [-0.3, -0.25) is 14.4 Å². The topological polar surface area (TPSA) is 98.5 Å². The molecule has 3 N–H and O–H groups in total. The molecule has 0 aliphatic carbocycles. The van der Waals surface area contributed by atoms with Crippen molar-refractivity contribution in [1.29, 1.82) is 0 Å². The zero-order valence-corrected chi connectivity index (χ0v) is 16.3. The van der Waals surface area contributed by atoms with Crippen molar-refractivity contribution in [2.45, 2.75) is 45.6 Å². The van der Waals surface area contributed by atoms with Crippen molar-refractivity contribution in [2.75, 3.05) is 5.32 Å². The van der Waals surface area contributed by atoms with Crippen LogP contribution in [0.2, 0.25) is 0 Å². The lowest BCUT2D eigenvalue weighted by atomic mass is 10.1. The van der Waals surface area contributed by atoms with Crippen molar-refractivity contribution >= 4 is 34.1 Å². The molecule has 0 spiro atoms. The van der Waals surface area contributed by atoms with Gasteiger partial charge in [0.15, 0.2) is 6.10 Å². The molecular weight excluding hydrogens is 364 g/mol. The van der Waals surface area contributed by atoms with Gasteiger partial charge in [0.1, 0.15) is 5.00 Å². The molecule has 1 heterocycles. The van der Waals surface area contributed by atoms with Crippen LogP contribution in [0.25, 0.3) is 0 Å². The largest absolute Gasteiger partial charge is 0.452 e. The van der Waals surface area contributed by atoms with Gasteiger partial charge in [-0.15, -0.1) is 11.3 Å². The van der Waals surface area contributed by atoms with Gasteiger partial charge in [-0.1, -0.05) is 37.6 Å². The fourth-order valence-corrected chi connectivity index (χ4v) is 3.27. The Kier molecular flexibility index (Phi) is 7.55. The highest BCUT2D eigenvalue weighted by Gasteiger charge is 2.20. The fourth-order valence-electron chi connectivity index (χ4n) is 2.48. The van der Waals surface area contributed by atoms with E-state index in [1.807, 2.05) is 24.3 Å². The molecule has 0 saturated carbocycles. The normalized spacial score (nSPS) is 11.6. The monoisotopic (exact) mass is 388 g/mol. The maximum Gasteiger partial charge on any atom is 0.311 e. The molecule has 2 aromatic rings. The first-order valence-electron chi connectivity index (χ1n) is 8.86. The van der Waals surface area contributed by atoms with E-state index in [1.54, 1.807) is 5.38 Å². The zero-order chi connectivity index (χ0) is 19.8. The van der Waals surface area contributed by atoms with Crippen LogP contribution in [-0.2, 0) is 27.2 Å². The number of rotatable bonds is 9. The third kappa shape index (κ3) is 6.21. The number of carbonyl (C=O) groups is 3. The van der Waals surface area contributed by atoms with Gasteiger partial charge in [0, 0.05) is 0 Å². The zero-order valence-electron chi connectivity index (χ0n) is 15.5. The van der Waals surface area contributed by atoms with Crippen LogP contribution in [0.1, 0.15) is 48.2 Å². The van der Waals surface area contributed by atoms with E-state index < -0.39 is 23.9 Å². The van der Waals surface area contributed by atoms with Crippen LogP contribution >= 0.6 is 11.3 Å². The van der Waals surface area contributed by atoms with E-state index in [4.69, 9.17) is 10.5 Å². The summed E-state index contributed by atoms with van der Waals surface area (Å²) in [5, 5.41) is 4.56. The minimum Gasteiger partial charge on any atom is -0.452 e. The lowest BCUT2D eigenvalue weighted by molar-refractivity contribution is -0.152. The second-order valence-electron chi connectivity index (χ2n) is 6.25. The van der Waals surface area contributed by atoms with Crippen molar-refractivity contribution in [3.05, 3.63) is 52.4 Å². The van der Waals surface area contributed by atoms with Gasteiger partial charge in [0.25, 0.3) is 11.8 Å². The van der Waals surface area contributed by atoms with Crippen molar-refractivity contribution in [3.8, 4) is 0 Å². The number of unbranched alkanes of at least 4 members (excludes halogenated alkanes) is 1. The van der Waals surface area contributed by atoms with E-state index in [1.165, 1.54) is 29.9 Å². The SMILES string of the molecule is CCCCc1ccc(CC(=O)O[C@H](C)C(=O)Nc2sccc2C(N)=O)cc1. The Labute approximate surface area is 162 Å². The Bertz CT molecular complexity index is 799. The summed E-state index contributed by atoms with van der Waals surface area (Å²) >= 11 is 1.18. The Morgan fingerprint density at radius 2 is 1.81 bits per heavy atom. The quantitative estimate of drug-likeness (QED) is 0.644. The average Bonchev–Trinajstić information content (AvgIpc) is 3.09. The number of hydrogen-bond acceptors (Lipinski definition) is 5. The fraction of sp³-hybridized carbons (Fsp3) is 0.350. The first-order valence-corrected chi connectivity index (χ1v) is 9.74. The van der Waals surface area contributed by atoms with Crippen molar-refractivity contribution in [2.24, 2.45) is 5.73 Å². The molecule has 0 radical (unpaired) electrons. The number of primary amides is 1. The summed E-state index contributed by atoms with van der Waals surface area (Å²) in [6.45, 7) is 3.63. The molecule has 2 rings (SSSR count). The second kappa shape index (κ2) is 9.87. The molecule has 0 saturated heterocycles. The number of benzene rings is 1. The number of carbonyl (C=O) groups excluding carboxylic acids is 3. The van der Waals surface area contributed by atoms with Gasteiger partial charge in [-0.2, -0.15) is 0 Å². The summed E-state index contributed by atoms with van der Waals surface area (Å²) in [5.41, 5.74) is 7.55. The summed E-state index contributed by atoms with van der Waals surface area (Å²) in [5.74, 6) is -1.62. The van der Waals surface area contributed by atoms with Gasteiger partial charge < -0.3 is 15.8 Å². The van der Waals surface area contributed by atoms with Gasteiger partial charge in [-0.25, -0.2) is 0 Å². The molecular formula is C20H24N2O4S. The highest BCUT2D eigenvalue weighted by molar-refractivity contribution is 7.14. The first kappa shape index (κ1) is 20.6. The number of ether oxygens (including phenoxy) is 1. The van der Waals surface area contributed by atoms with Crippen LogP contribution in [0.3, 0.4) is 0 Å². The summed E-state index contributed by atoms with van der Waals surface area (Å²) in [6, 6.07) is 9.36.